The molecule has 21 heavy (non-hydrogen) atoms. The number of anilines is 2. The summed E-state index contributed by atoms with van der Waals surface area (Å²) >= 11 is 0. The molecule has 0 aromatic heterocycles. The summed E-state index contributed by atoms with van der Waals surface area (Å²) in [6.45, 7) is 1.89. The number of benzene rings is 1. The lowest BCUT2D eigenvalue weighted by Crippen LogP contribution is -2.54. The first-order chi connectivity index (χ1) is 10.2. The average Bonchev–Trinajstić information content (AvgIpc) is 2.49. The van der Waals surface area contributed by atoms with Gasteiger partial charge in [0.25, 0.3) is 0 Å². The van der Waals surface area contributed by atoms with E-state index < -0.39 is 0 Å². The summed E-state index contributed by atoms with van der Waals surface area (Å²) in [5, 5.41) is 12.0. The number of hydrogen-bond donors (Lipinski definition) is 2. The molecule has 1 amide bonds. The maximum Gasteiger partial charge on any atom is 0.220 e. The zero-order valence-corrected chi connectivity index (χ0v) is 12.0. The molecule has 1 aromatic carbocycles. The Morgan fingerprint density at radius 1 is 1.43 bits per heavy atom. The van der Waals surface area contributed by atoms with Gasteiger partial charge in [0.1, 0.15) is 0 Å². The Kier molecular flexibility index (Phi) is 3.70. The molecule has 2 saturated heterocycles. The number of carbonyl (C=O) groups is 1. The van der Waals surface area contributed by atoms with Crippen molar-refractivity contribution in [3.8, 4) is 6.07 Å². The average molecular weight is 284 g/mol. The van der Waals surface area contributed by atoms with Crippen LogP contribution >= 0.6 is 0 Å². The number of amides is 1. The van der Waals surface area contributed by atoms with E-state index in [1.165, 1.54) is 0 Å². The molecule has 0 bridgehead atoms. The predicted molar refractivity (Wildman–Crippen MR) is 81.7 cm³/mol. The Morgan fingerprint density at radius 3 is 3.10 bits per heavy atom. The highest BCUT2D eigenvalue weighted by molar-refractivity contribution is 5.77. The van der Waals surface area contributed by atoms with Crippen molar-refractivity contribution in [2.75, 3.05) is 23.7 Å². The van der Waals surface area contributed by atoms with E-state index in [4.69, 9.17) is 11.0 Å². The normalized spacial score (nSPS) is 24.9. The topological polar surface area (TPSA) is 82.2 Å². The molecule has 2 heterocycles. The monoisotopic (exact) mass is 284 g/mol. The number of nitriles is 1. The number of hydrogen-bond acceptors (Lipinski definition) is 4. The highest BCUT2D eigenvalue weighted by atomic mass is 16.1. The quantitative estimate of drug-likeness (QED) is 0.805. The lowest BCUT2D eigenvalue weighted by Gasteiger charge is -2.42. The van der Waals surface area contributed by atoms with E-state index in [-0.39, 0.29) is 5.91 Å². The predicted octanol–water partition coefficient (Wildman–Crippen LogP) is 1.44. The second-order valence-corrected chi connectivity index (χ2v) is 5.93. The van der Waals surface area contributed by atoms with Crippen LogP contribution in [0.4, 0.5) is 11.4 Å². The standard InChI is InChI=1S/C16H20N4O/c17-7-5-11-9-13(2-3-14(11)18)20-8-6-15-12(10-20)1-4-16(21)19-15/h2-3,9,12,15H,1,4-6,8,10,18H2,(H,19,21). The van der Waals surface area contributed by atoms with Gasteiger partial charge in [-0.25, -0.2) is 0 Å². The molecule has 0 saturated carbocycles. The second kappa shape index (κ2) is 5.65. The third kappa shape index (κ3) is 2.80. The summed E-state index contributed by atoms with van der Waals surface area (Å²) in [4.78, 5) is 13.8. The van der Waals surface area contributed by atoms with Crippen LogP contribution in [0.2, 0.25) is 0 Å². The first-order valence-corrected chi connectivity index (χ1v) is 7.47. The van der Waals surface area contributed by atoms with Crippen LogP contribution in [-0.2, 0) is 11.2 Å². The number of nitrogen functional groups attached to an aromatic ring is 1. The maximum absolute atomic E-state index is 11.5. The smallest absolute Gasteiger partial charge is 0.220 e. The zero-order valence-electron chi connectivity index (χ0n) is 12.0. The SMILES string of the molecule is N#CCc1cc(N2CCC3NC(=O)CCC3C2)ccc1N. The minimum absolute atomic E-state index is 0.188. The van der Waals surface area contributed by atoms with E-state index >= 15 is 0 Å². The van der Waals surface area contributed by atoms with Crippen LogP contribution in [0.15, 0.2) is 18.2 Å². The van der Waals surface area contributed by atoms with Crippen LogP contribution < -0.4 is 16.0 Å². The summed E-state index contributed by atoms with van der Waals surface area (Å²) in [6.07, 6.45) is 2.92. The van der Waals surface area contributed by atoms with Gasteiger partial charge in [-0.15, -0.1) is 0 Å². The van der Waals surface area contributed by atoms with Crippen LogP contribution in [0, 0.1) is 17.2 Å². The van der Waals surface area contributed by atoms with Gasteiger partial charge in [-0.3, -0.25) is 4.79 Å². The van der Waals surface area contributed by atoms with Crippen molar-refractivity contribution in [1.29, 1.82) is 5.26 Å². The molecule has 3 rings (SSSR count). The van der Waals surface area contributed by atoms with Crippen molar-refractivity contribution in [2.45, 2.75) is 31.7 Å². The van der Waals surface area contributed by atoms with Crippen LogP contribution in [0.25, 0.3) is 0 Å². The van der Waals surface area contributed by atoms with Gasteiger partial charge < -0.3 is 16.0 Å². The lowest BCUT2D eigenvalue weighted by molar-refractivity contribution is -0.124. The molecule has 110 valence electrons. The van der Waals surface area contributed by atoms with E-state index in [1.54, 1.807) is 0 Å². The van der Waals surface area contributed by atoms with Gasteiger partial charge in [0.05, 0.1) is 12.5 Å². The highest BCUT2D eigenvalue weighted by Gasteiger charge is 2.33. The molecule has 2 atom stereocenters. The van der Waals surface area contributed by atoms with Crippen LogP contribution in [0.3, 0.4) is 0 Å². The summed E-state index contributed by atoms with van der Waals surface area (Å²) in [6, 6.07) is 8.43. The van der Waals surface area contributed by atoms with Crippen molar-refractivity contribution in [2.24, 2.45) is 5.92 Å². The molecule has 3 N–H and O–H groups in total. The molecular formula is C16H20N4O. The van der Waals surface area contributed by atoms with E-state index in [1.807, 2.05) is 18.2 Å². The van der Waals surface area contributed by atoms with Crippen molar-refractivity contribution in [1.82, 2.24) is 5.32 Å². The fourth-order valence-corrected chi connectivity index (χ4v) is 3.37. The van der Waals surface area contributed by atoms with Crippen LogP contribution in [0.5, 0.6) is 0 Å². The minimum Gasteiger partial charge on any atom is -0.398 e. The Labute approximate surface area is 124 Å². The van der Waals surface area contributed by atoms with Crippen molar-refractivity contribution in [3.63, 3.8) is 0 Å². The Balaban J connectivity index is 1.75. The molecule has 0 radical (unpaired) electrons. The Morgan fingerprint density at radius 2 is 2.29 bits per heavy atom. The molecule has 2 unspecified atom stereocenters. The van der Waals surface area contributed by atoms with Gasteiger partial charge in [0.2, 0.25) is 5.91 Å². The van der Waals surface area contributed by atoms with Gasteiger partial charge in [-0.1, -0.05) is 0 Å². The van der Waals surface area contributed by atoms with Crippen molar-refractivity contribution in [3.05, 3.63) is 23.8 Å². The number of nitrogens with two attached hydrogens (primary N) is 1. The van der Waals surface area contributed by atoms with Gasteiger partial charge in [-0.05, 0) is 42.5 Å². The van der Waals surface area contributed by atoms with Gasteiger partial charge in [0, 0.05) is 36.9 Å². The zero-order chi connectivity index (χ0) is 14.8. The molecule has 0 aliphatic carbocycles. The van der Waals surface area contributed by atoms with Gasteiger partial charge >= 0.3 is 0 Å². The summed E-state index contributed by atoms with van der Waals surface area (Å²) < 4.78 is 0. The van der Waals surface area contributed by atoms with Crippen LogP contribution in [0.1, 0.15) is 24.8 Å². The van der Waals surface area contributed by atoms with E-state index in [2.05, 4.69) is 16.3 Å². The molecule has 5 heteroatoms. The first-order valence-electron chi connectivity index (χ1n) is 7.47. The molecule has 2 fully saturated rings. The fraction of sp³-hybridized carbons (Fsp3) is 0.500. The first kappa shape index (κ1) is 13.7. The largest absolute Gasteiger partial charge is 0.398 e. The molecule has 2 aliphatic rings. The molecule has 0 spiro atoms. The Hall–Kier alpha value is -2.22. The number of piperidine rings is 2. The van der Waals surface area contributed by atoms with Crippen LogP contribution in [-0.4, -0.2) is 25.0 Å². The number of carbonyl (C=O) groups excluding carboxylic acids is 1. The summed E-state index contributed by atoms with van der Waals surface area (Å²) in [5.74, 6) is 0.710. The van der Waals surface area contributed by atoms with Crippen molar-refractivity contribution < 1.29 is 4.79 Å². The highest BCUT2D eigenvalue weighted by Crippen LogP contribution is 2.30. The fourth-order valence-electron chi connectivity index (χ4n) is 3.37. The molecular weight excluding hydrogens is 264 g/mol. The number of rotatable bonds is 2. The number of nitrogens with zero attached hydrogens (tertiary/aromatic N) is 2. The third-order valence-electron chi connectivity index (χ3n) is 4.58. The Bertz CT molecular complexity index is 592. The van der Waals surface area contributed by atoms with E-state index in [9.17, 15) is 4.79 Å². The van der Waals surface area contributed by atoms with Gasteiger partial charge in [-0.2, -0.15) is 5.26 Å². The second-order valence-electron chi connectivity index (χ2n) is 5.93. The van der Waals surface area contributed by atoms with E-state index in [0.29, 0.717) is 30.5 Å². The molecule has 5 nitrogen and oxygen atoms in total. The molecule has 2 aliphatic heterocycles. The van der Waals surface area contributed by atoms with Crippen molar-refractivity contribution >= 4 is 17.3 Å². The summed E-state index contributed by atoms with van der Waals surface area (Å²) in [7, 11) is 0. The lowest BCUT2D eigenvalue weighted by atomic mass is 9.85. The minimum atomic E-state index is 0.188. The molecule has 1 aromatic rings. The maximum atomic E-state index is 11.5. The summed E-state index contributed by atoms with van der Waals surface area (Å²) in [5.41, 5.74) is 8.62. The number of fused-ring (bicyclic) bond motifs is 1. The number of nitrogens with one attached hydrogen (secondary N) is 1. The van der Waals surface area contributed by atoms with E-state index in [0.717, 1.165) is 37.2 Å². The third-order valence-corrected chi connectivity index (χ3v) is 4.58. The van der Waals surface area contributed by atoms with Gasteiger partial charge in [0.15, 0.2) is 0 Å².